The SMILES string of the molecule is C=CCCCCC[C@H](CC(=O)OC(C)(C)C)C(=O)N1C[C@@]2(CC(c3cccc(Cl)c3)=NO2)C[C@H]1C(=O)O. The molecule has 1 aromatic carbocycles. The molecule has 37 heavy (non-hydrogen) atoms. The number of aliphatic carboxylic acids is 1. The maximum atomic E-state index is 13.7. The number of halogens is 1. The van der Waals surface area contributed by atoms with E-state index in [-0.39, 0.29) is 25.3 Å². The second kappa shape index (κ2) is 12.1. The van der Waals surface area contributed by atoms with E-state index in [2.05, 4.69) is 11.7 Å². The summed E-state index contributed by atoms with van der Waals surface area (Å²) in [7, 11) is 0. The number of carboxylic acids is 1. The van der Waals surface area contributed by atoms with Gasteiger partial charge in [-0.2, -0.15) is 0 Å². The van der Waals surface area contributed by atoms with Crippen molar-refractivity contribution in [1.29, 1.82) is 0 Å². The molecule has 3 atom stereocenters. The van der Waals surface area contributed by atoms with Crippen molar-refractivity contribution in [2.75, 3.05) is 6.54 Å². The van der Waals surface area contributed by atoms with Gasteiger partial charge in [0.25, 0.3) is 0 Å². The minimum absolute atomic E-state index is 0.0810. The largest absolute Gasteiger partial charge is 0.480 e. The van der Waals surface area contributed by atoms with E-state index in [9.17, 15) is 19.5 Å². The number of carbonyl (C=O) groups excluding carboxylic acids is 2. The molecule has 9 heteroatoms. The predicted octanol–water partition coefficient (Wildman–Crippen LogP) is 5.37. The Morgan fingerprint density at radius 2 is 2.08 bits per heavy atom. The molecule has 2 aliphatic heterocycles. The van der Waals surface area contributed by atoms with E-state index in [0.717, 1.165) is 31.2 Å². The molecule has 2 heterocycles. The Morgan fingerprint density at radius 1 is 1.32 bits per heavy atom. The number of rotatable bonds is 11. The summed E-state index contributed by atoms with van der Waals surface area (Å²) in [6.07, 6.45) is 6.14. The average molecular weight is 533 g/mol. The van der Waals surface area contributed by atoms with Gasteiger partial charge in [0.05, 0.1) is 18.7 Å². The lowest BCUT2D eigenvalue weighted by atomic mass is 9.92. The van der Waals surface area contributed by atoms with Crippen molar-refractivity contribution in [3.8, 4) is 0 Å². The van der Waals surface area contributed by atoms with Gasteiger partial charge in [-0.25, -0.2) is 4.79 Å². The van der Waals surface area contributed by atoms with E-state index < -0.39 is 35.1 Å². The Balaban J connectivity index is 1.76. The number of benzene rings is 1. The standard InChI is InChI=1S/C28H37ClN2O6/c1-5-6-7-8-9-11-20(15-24(32)36-27(2,3)4)25(33)31-18-28(17-23(31)26(34)35)16-22(30-37-28)19-12-10-13-21(29)14-19/h5,10,12-14,20,23H,1,6-9,11,15-18H2,2-4H3,(H,34,35)/t20-,23+,28-/m1/s1. The molecule has 3 rings (SSSR count). The van der Waals surface area contributed by atoms with Crippen molar-refractivity contribution < 1.29 is 29.1 Å². The van der Waals surface area contributed by atoms with Crippen LogP contribution >= 0.6 is 11.6 Å². The first kappa shape index (κ1) is 28.7. The van der Waals surface area contributed by atoms with Crippen molar-refractivity contribution in [3.63, 3.8) is 0 Å². The zero-order chi connectivity index (χ0) is 27.2. The number of amides is 1. The number of likely N-dealkylation sites (tertiary alicyclic amines) is 1. The van der Waals surface area contributed by atoms with Gasteiger partial charge in [0.2, 0.25) is 5.91 Å². The molecule has 0 radical (unpaired) electrons. The summed E-state index contributed by atoms with van der Waals surface area (Å²) in [5.74, 6) is -2.61. The second-order valence-electron chi connectivity index (χ2n) is 10.9. The molecular weight excluding hydrogens is 496 g/mol. The van der Waals surface area contributed by atoms with Crippen molar-refractivity contribution in [3.05, 3.63) is 47.5 Å². The Kier molecular flexibility index (Phi) is 9.40. The maximum absolute atomic E-state index is 13.7. The summed E-state index contributed by atoms with van der Waals surface area (Å²) in [4.78, 5) is 45.8. The third kappa shape index (κ3) is 7.81. The molecule has 202 valence electrons. The predicted molar refractivity (Wildman–Crippen MR) is 141 cm³/mol. The zero-order valence-electron chi connectivity index (χ0n) is 21.9. The van der Waals surface area contributed by atoms with Crippen LogP contribution in [-0.4, -0.2) is 57.4 Å². The molecule has 0 bridgehead atoms. The Bertz CT molecular complexity index is 1050. The van der Waals surface area contributed by atoms with Gasteiger partial charge in [-0.3, -0.25) is 9.59 Å². The number of allylic oxidation sites excluding steroid dienone is 1. The number of unbranched alkanes of at least 4 members (excludes halogenated alkanes) is 3. The summed E-state index contributed by atoms with van der Waals surface area (Å²) in [5, 5.41) is 14.8. The Labute approximate surface area is 223 Å². The van der Waals surface area contributed by atoms with E-state index >= 15 is 0 Å². The van der Waals surface area contributed by atoms with Crippen LogP contribution in [0.1, 0.15) is 77.7 Å². The van der Waals surface area contributed by atoms with Crippen LogP contribution in [0.2, 0.25) is 5.02 Å². The molecule has 1 fully saturated rings. The quantitative estimate of drug-likeness (QED) is 0.233. The van der Waals surface area contributed by atoms with E-state index in [4.69, 9.17) is 21.2 Å². The van der Waals surface area contributed by atoms with Gasteiger partial charge in [-0.05, 0) is 52.2 Å². The zero-order valence-corrected chi connectivity index (χ0v) is 22.6. The minimum Gasteiger partial charge on any atom is -0.480 e. The first-order chi connectivity index (χ1) is 17.4. The molecule has 1 amide bonds. The topological polar surface area (TPSA) is 106 Å². The number of carbonyl (C=O) groups is 3. The summed E-state index contributed by atoms with van der Waals surface area (Å²) >= 11 is 6.12. The minimum atomic E-state index is -1.10. The van der Waals surface area contributed by atoms with E-state index in [1.165, 1.54) is 4.90 Å². The highest BCUT2D eigenvalue weighted by molar-refractivity contribution is 6.31. The molecule has 1 spiro atoms. The number of oxime groups is 1. The molecule has 0 aliphatic carbocycles. The Hall–Kier alpha value is -2.87. The molecule has 0 unspecified atom stereocenters. The molecule has 1 N–H and O–H groups in total. The molecule has 1 aromatic rings. The van der Waals surface area contributed by atoms with Gasteiger partial charge >= 0.3 is 11.9 Å². The highest BCUT2D eigenvalue weighted by atomic mass is 35.5. The van der Waals surface area contributed by atoms with Crippen LogP contribution in [0.25, 0.3) is 0 Å². The third-order valence-electron chi connectivity index (χ3n) is 6.61. The fourth-order valence-corrected chi connectivity index (χ4v) is 5.12. The normalized spacial score (nSPS) is 21.9. The molecule has 0 saturated carbocycles. The summed E-state index contributed by atoms with van der Waals surface area (Å²) in [6, 6.07) is 6.15. The van der Waals surface area contributed by atoms with Gasteiger partial charge in [-0.15, -0.1) is 6.58 Å². The summed E-state index contributed by atoms with van der Waals surface area (Å²) in [6.45, 7) is 9.13. The lowest BCUT2D eigenvalue weighted by Crippen LogP contribution is -2.45. The average Bonchev–Trinajstić information content (AvgIpc) is 3.40. The number of ether oxygens (including phenoxy) is 1. The third-order valence-corrected chi connectivity index (χ3v) is 6.84. The lowest BCUT2D eigenvalue weighted by molar-refractivity contribution is -0.159. The summed E-state index contributed by atoms with van der Waals surface area (Å²) < 4.78 is 5.47. The van der Waals surface area contributed by atoms with Crippen LogP contribution in [0.4, 0.5) is 0 Å². The van der Waals surface area contributed by atoms with Crippen LogP contribution in [0.15, 0.2) is 42.1 Å². The fourth-order valence-electron chi connectivity index (χ4n) is 4.93. The van der Waals surface area contributed by atoms with Crippen molar-refractivity contribution in [2.24, 2.45) is 11.1 Å². The first-order valence-electron chi connectivity index (χ1n) is 12.8. The fraction of sp³-hybridized carbons (Fsp3) is 0.571. The number of hydrogen-bond donors (Lipinski definition) is 1. The highest BCUT2D eigenvalue weighted by Gasteiger charge is 2.54. The van der Waals surface area contributed by atoms with Crippen LogP contribution < -0.4 is 0 Å². The molecule has 0 aromatic heterocycles. The van der Waals surface area contributed by atoms with E-state index in [1.54, 1.807) is 32.9 Å². The highest BCUT2D eigenvalue weighted by Crippen LogP contribution is 2.40. The van der Waals surface area contributed by atoms with E-state index in [0.29, 0.717) is 23.6 Å². The molecule has 1 saturated heterocycles. The number of hydrogen-bond acceptors (Lipinski definition) is 6. The smallest absolute Gasteiger partial charge is 0.326 e. The van der Waals surface area contributed by atoms with Gasteiger partial charge in [0.1, 0.15) is 11.6 Å². The maximum Gasteiger partial charge on any atom is 0.326 e. The molecule has 8 nitrogen and oxygen atoms in total. The van der Waals surface area contributed by atoms with Crippen LogP contribution in [0.3, 0.4) is 0 Å². The van der Waals surface area contributed by atoms with E-state index in [1.807, 2.05) is 18.2 Å². The van der Waals surface area contributed by atoms with Crippen molar-refractivity contribution >= 4 is 35.2 Å². The number of nitrogens with zero attached hydrogens (tertiary/aromatic N) is 2. The van der Waals surface area contributed by atoms with Crippen molar-refractivity contribution in [2.45, 2.75) is 89.4 Å². The van der Waals surface area contributed by atoms with Gasteiger partial charge in [-0.1, -0.05) is 47.8 Å². The van der Waals surface area contributed by atoms with Crippen LogP contribution in [0, 0.1) is 5.92 Å². The van der Waals surface area contributed by atoms with Gasteiger partial charge < -0.3 is 19.6 Å². The Morgan fingerprint density at radius 3 is 2.73 bits per heavy atom. The van der Waals surface area contributed by atoms with Crippen molar-refractivity contribution in [1.82, 2.24) is 4.90 Å². The summed E-state index contributed by atoms with van der Waals surface area (Å²) in [5.41, 5.74) is -0.157. The first-order valence-corrected chi connectivity index (χ1v) is 13.2. The second-order valence-corrected chi connectivity index (χ2v) is 11.4. The number of carboxylic acid groups (broad SMARTS) is 1. The lowest BCUT2D eigenvalue weighted by Gasteiger charge is -2.28. The molecular formula is C28H37ClN2O6. The molecule has 2 aliphatic rings. The van der Waals surface area contributed by atoms with Crippen LogP contribution in [-0.2, 0) is 24.0 Å². The van der Waals surface area contributed by atoms with Gasteiger partial charge in [0.15, 0.2) is 5.60 Å². The van der Waals surface area contributed by atoms with Crippen LogP contribution in [0.5, 0.6) is 0 Å². The number of esters is 1. The monoisotopic (exact) mass is 532 g/mol. The van der Waals surface area contributed by atoms with Gasteiger partial charge in [0, 0.05) is 29.3 Å².